The quantitative estimate of drug-likeness (QED) is 0.720. The summed E-state index contributed by atoms with van der Waals surface area (Å²) in [6, 6.07) is 0. The van der Waals surface area contributed by atoms with Crippen LogP contribution in [-0.4, -0.2) is 27.7 Å². The van der Waals surface area contributed by atoms with E-state index in [0.717, 1.165) is 44.9 Å². The molecule has 2 N–H and O–H groups in total. The van der Waals surface area contributed by atoms with E-state index in [4.69, 9.17) is 0 Å². The lowest BCUT2D eigenvalue weighted by Crippen LogP contribution is -2.60. The lowest BCUT2D eigenvalue weighted by molar-refractivity contribution is -0.192. The van der Waals surface area contributed by atoms with E-state index in [2.05, 4.69) is 13.8 Å². The SMILES string of the molecule is C[C@]12CCC(=O)C[C@@H]1CC[C@@H]1[C@@H]2[C@H](O)C[C@]2(C)[C@@H]1CC[C@]2(C)O. The van der Waals surface area contributed by atoms with Crippen molar-refractivity contribution in [3.63, 3.8) is 0 Å². The Hall–Kier alpha value is -0.410. The Balaban J connectivity index is 1.70. The Kier molecular flexibility index (Phi) is 3.37. The summed E-state index contributed by atoms with van der Waals surface area (Å²) in [7, 11) is 0. The van der Waals surface area contributed by atoms with E-state index in [1.165, 1.54) is 0 Å². The number of ketones is 1. The topological polar surface area (TPSA) is 57.5 Å². The number of hydrogen-bond acceptors (Lipinski definition) is 3. The highest BCUT2D eigenvalue weighted by molar-refractivity contribution is 5.79. The molecule has 0 aliphatic heterocycles. The zero-order chi connectivity index (χ0) is 16.6. The van der Waals surface area contributed by atoms with Crippen LogP contribution in [0.5, 0.6) is 0 Å². The largest absolute Gasteiger partial charge is 0.393 e. The zero-order valence-electron chi connectivity index (χ0n) is 14.8. The highest BCUT2D eigenvalue weighted by Gasteiger charge is 2.65. The van der Waals surface area contributed by atoms with Crippen molar-refractivity contribution in [2.45, 2.75) is 83.8 Å². The fourth-order valence-corrected chi connectivity index (χ4v) is 7.39. The first-order chi connectivity index (χ1) is 10.7. The molecule has 3 nitrogen and oxygen atoms in total. The third kappa shape index (κ3) is 1.99. The maximum absolute atomic E-state index is 11.9. The summed E-state index contributed by atoms with van der Waals surface area (Å²) in [6.45, 7) is 6.54. The van der Waals surface area contributed by atoms with Crippen molar-refractivity contribution in [1.29, 1.82) is 0 Å². The lowest BCUT2D eigenvalue weighted by atomic mass is 9.44. The third-order valence-corrected chi connectivity index (χ3v) is 8.98. The number of carbonyl (C=O) groups excluding carboxylic acids is 1. The van der Waals surface area contributed by atoms with Crippen molar-refractivity contribution >= 4 is 5.78 Å². The number of aliphatic hydroxyl groups is 2. The van der Waals surface area contributed by atoms with Gasteiger partial charge in [-0.25, -0.2) is 0 Å². The van der Waals surface area contributed by atoms with Gasteiger partial charge in [-0.2, -0.15) is 0 Å². The fourth-order valence-electron chi connectivity index (χ4n) is 7.39. The van der Waals surface area contributed by atoms with Crippen molar-refractivity contribution in [3.05, 3.63) is 0 Å². The van der Waals surface area contributed by atoms with Crippen molar-refractivity contribution in [2.75, 3.05) is 0 Å². The summed E-state index contributed by atoms with van der Waals surface area (Å²) in [5.74, 6) is 2.26. The molecule has 8 atom stereocenters. The minimum absolute atomic E-state index is 0.117. The molecule has 23 heavy (non-hydrogen) atoms. The Morgan fingerprint density at radius 2 is 1.83 bits per heavy atom. The van der Waals surface area contributed by atoms with Crippen molar-refractivity contribution in [1.82, 2.24) is 0 Å². The molecule has 0 heterocycles. The second-order valence-corrected chi connectivity index (χ2v) is 9.82. The van der Waals surface area contributed by atoms with E-state index in [0.29, 0.717) is 35.9 Å². The zero-order valence-corrected chi connectivity index (χ0v) is 14.8. The van der Waals surface area contributed by atoms with Crippen molar-refractivity contribution in [3.8, 4) is 0 Å². The number of hydrogen-bond donors (Lipinski definition) is 2. The molecule has 0 aromatic heterocycles. The molecule has 0 bridgehead atoms. The molecule has 0 unspecified atom stereocenters. The smallest absolute Gasteiger partial charge is 0.133 e. The van der Waals surface area contributed by atoms with Crippen LogP contribution in [0.25, 0.3) is 0 Å². The van der Waals surface area contributed by atoms with Gasteiger partial charge in [-0.05, 0) is 74.5 Å². The molecule has 4 aliphatic rings. The number of carbonyl (C=O) groups is 1. The molecule has 0 amide bonds. The van der Waals surface area contributed by atoms with E-state index in [1.807, 2.05) is 6.92 Å². The summed E-state index contributed by atoms with van der Waals surface area (Å²) in [4.78, 5) is 11.9. The Labute approximate surface area is 139 Å². The van der Waals surface area contributed by atoms with Gasteiger partial charge in [0.1, 0.15) is 5.78 Å². The average Bonchev–Trinajstić information content (AvgIpc) is 2.69. The summed E-state index contributed by atoms with van der Waals surface area (Å²) >= 11 is 0. The van der Waals surface area contributed by atoms with E-state index < -0.39 is 5.60 Å². The molecule has 0 aromatic rings. The first-order valence-electron chi connectivity index (χ1n) is 9.61. The second kappa shape index (κ2) is 4.82. The van der Waals surface area contributed by atoms with E-state index in [1.54, 1.807) is 0 Å². The summed E-state index contributed by atoms with van der Waals surface area (Å²) < 4.78 is 0. The van der Waals surface area contributed by atoms with Gasteiger partial charge in [0.25, 0.3) is 0 Å². The van der Waals surface area contributed by atoms with Crippen LogP contribution in [-0.2, 0) is 4.79 Å². The molecule has 4 saturated carbocycles. The van der Waals surface area contributed by atoms with Crippen LogP contribution in [0.2, 0.25) is 0 Å². The number of rotatable bonds is 0. The molecule has 3 heteroatoms. The molecule has 0 aromatic carbocycles. The van der Waals surface area contributed by atoms with Gasteiger partial charge in [-0.15, -0.1) is 0 Å². The first kappa shape index (κ1) is 16.1. The van der Waals surface area contributed by atoms with Gasteiger partial charge in [-0.3, -0.25) is 4.79 Å². The maximum atomic E-state index is 11.9. The molecule has 4 rings (SSSR count). The minimum Gasteiger partial charge on any atom is -0.393 e. The van der Waals surface area contributed by atoms with Crippen molar-refractivity contribution < 1.29 is 15.0 Å². The van der Waals surface area contributed by atoms with Gasteiger partial charge >= 0.3 is 0 Å². The van der Waals surface area contributed by atoms with Gasteiger partial charge in [0.2, 0.25) is 0 Å². The third-order valence-electron chi connectivity index (χ3n) is 8.98. The Morgan fingerprint density at radius 3 is 2.57 bits per heavy atom. The van der Waals surface area contributed by atoms with Crippen LogP contribution < -0.4 is 0 Å². The standard InChI is InChI=1S/C20H32O3/c1-18-8-6-13(21)10-12(18)4-5-14-15-7-9-20(3,23)19(15,2)11-16(22)17(14)18/h12,14-17,22-23H,4-11H2,1-3H3/t12-,14-,15+,16+,17+,18-,19+,20-/m0/s1. The first-order valence-corrected chi connectivity index (χ1v) is 9.61. The Morgan fingerprint density at radius 1 is 1.09 bits per heavy atom. The van der Waals surface area contributed by atoms with Gasteiger partial charge in [0.05, 0.1) is 11.7 Å². The van der Waals surface area contributed by atoms with Crippen LogP contribution in [0, 0.1) is 34.5 Å². The van der Waals surface area contributed by atoms with E-state index in [9.17, 15) is 15.0 Å². The Bertz CT molecular complexity index is 527. The maximum Gasteiger partial charge on any atom is 0.133 e. The number of aliphatic hydroxyl groups excluding tert-OH is 1. The van der Waals surface area contributed by atoms with Crippen LogP contribution in [0.15, 0.2) is 0 Å². The molecular weight excluding hydrogens is 288 g/mol. The predicted octanol–water partition coefficient (Wildman–Crippen LogP) is 3.32. The van der Waals surface area contributed by atoms with Gasteiger partial charge in [0, 0.05) is 18.3 Å². The number of fused-ring (bicyclic) bond motifs is 5. The monoisotopic (exact) mass is 320 g/mol. The molecule has 0 spiro atoms. The number of Topliss-reactive ketones (excluding diaryl/α,β-unsaturated/α-hetero) is 1. The minimum atomic E-state index is -0.649. The van der Waals surface area contributed by atoms with Gasteiger partial charge in [0.15, 0.2) is 0 Å². The molecule has 4 fully saturated rings. The summed E-state index contributed by atoms with van der Waals surface area (Å²) in [5.41, 5.74) is -0.683. The van der Waals surface area contributed by atoms with Crippen LogP contribution in [0.1, 0.15) is 72.1 Å². The molecule has 4 aliphatic carbocycles. The van der Waals surface area contributed by atoms with E-state index >= 15 is 0 Å². The summed E-state index contributed by atoms with van der Waals surface area (Å²) in [6.07, 6.45) is 6.99. The molecule has 130 valence electrons. The van der Waals surface area contributed by atoms with Crippen molar-refractivity contribution in [2.24, 2.45) is 34.5 Å². The van der Waals surface area contributed by atoms with Crippen LogP contribution >= 0.6 is 0 Å². The predicted molar refractivity (Wildman–Crippen MR) is 88.7 cm³/mol. The van der Waals surface area contributed by atoms with Gasteiger partial charge < -0.3 is 10.2 Å². The summed E-state index contributed by atoms with van der Waals surface area (Å²) in [5, 5.41) is 22.1. The highest BCUT2D eigenvalue weighted by atomic mass is 16.3. The van der Waals surface area contributed by atoms with Gasteiger partial charge in [-0.1, -0.05) is 13.8 Å². The van der Waals surface area contributed by atoms with Crippen LogP contribution in [0.4, 0.5) is 0 Å². The average molecular weight is 320 g/mol. The lowest BCUT2D eigenvalue weighted by Gasteiger charge is -2.62. The normalized spacial score (nSPS) is 59.2. The molecular formula is C20H32O3. The highest BCUT2D eigenvalue weighted by Crippen LogP contribution is 2.67. The second-order valence-electron chi connectivity index (χ2n) is 9.82. The van der Waals surface area contributed by atoms with Crippen LogP contribution in [0.3, 0.4) is 0 Å². The fraction of sp³-hybridized carbons (Fsp3) is 0.950. The molecule has 0 radical (unpaired) electrons. The van der Waals surface area contributed by atoms with E-state index in [-0.39, 0.29) is 16.9 Å². The molecule has 0 saturated heterocycles.